The lowest BCUT2D eigenvalue weighted by Crippen LogP contribution is -2.11. The van der Waals surface area contributed by atoms with Gasteiger partial charge in [-0.1, -0.05) is 0 Å². The summed E-state index contributed by atoms with van der Waals surface area (Å²) in [6.07, 6.45) is 4.63. The van der Waals surface area contributed by atoms with Gasteiger partial charge in [0.15, 0.2) is 0 Å². The molecule has 0 bridgehead atoms. The molecule has 1 fully saturated rings. The number of nitrogens with two attached hydrogens (primary N) is 1. The summed E-state index contributed by atoms with van der Waals surface area (Å²) in [6, 6.07) is 0. The number of aromatic nitrogens is 2. The third-order valence-corrected chi connectivity index (χ3v) is 1.31. The lowest BCUT2D eigenvalue weighted by molar-refractivity contribution is 0.807. The van der Waals surface area contributed by atoms with Crippen LogP contribution in [-0.4, -0.2) is 29.7 Å². The molecular weight excluding hydrogens is 225 g/mol. The Labute approximate surface area is 95.7 Å². The fraction of sp³-hybridized carbons (Fsp3) is 0.429. The van der Waals surface area contributed by atoms with Gasteiger partial charge in [-0.05, 0) is 0 Å². The van der Waals surface area contributed by atoms with E-state index in [-0.39, 0.29) is 24.8 Å². The SMILES string of the molecule is C1CNCN1.Cl.Cl.Nc1cnccn1. The second-order valence-corrected chi connectivity index (χ2v) is 2.31. The maximum Gasteiger partial charge on any atom is 0.141 e. The molecule has 5 nitrogen and oxygen atoms in total. The average Bonchev–Trinajstić information content (AvgIpc) is 2.62. The maximum absolute atomic E-state index is 5.18. The predicted octanol–water partition coefficient (Wildman–Crippen LogP) is 0.0391. The van der Waals surface area contributed by atoms with E-state index in [0.29, 0.717) is 5.82 Å². The Balaban J connectivity index is 0. The summed E-state index contributed by atoms with van der Waals surface area (Å²) < 4.78 is 0. The van der Waals surface area contributed by atoms with Gasteiger partial charge in [0.1, 0.15) is 5.82 Å². The zero-order valence-electron chi connectivity index (χ0n) is 7.64. The van der Waals surface area contributed by atoms with Gasteiger partial charge in [0.2, 0.25) is 0 Å². The molecule has 0 atom stereocenters. The number of anilines is 1. The van der Waals surface area contributed by atoms with Crippen molar-refractivity contribution in [3.63, 3.8) is 0 Å². The molecule has 1 saturated heterocycles. The zero-order valence-corrected chi connectivity index (χ0v) is 9.27. The summed E-state index contributed by atoms with van der Waals surface area (Å²) in [4.78, 5) is 7.39. The highest BCUT2D eigenvalue weighted by molar-refractivity contribution is 5.85. The first-order chi connectivity index (χ1) is 5.89. The molecule has 0 radical (unpaired) electrons. The van der Waals surface area contributed by atoms with E-state index in [0.717, 1.165) is 19.8 Å². The average molecular weight is 240 g/mol. The number of nitrogens with zero attached hydrogens (tertiary/aromatic N) is 2. The van der Waals surface area contributed by atoms with Crippen LogP contribution in [0.5, 0.6) is 0 Å². The van der Waals surface area contributed by atoms with Gasteiger partial charge in [-0.25, -0.2) is 4.98 Å². The van der Waals surface area contributed by atoms with Gasteiger partial charge < -0.3 is 16.4 Å². The van der Waals surface area contributed by atoms with Crippen LogP contribution in [0.4, 0.5) is 5.82 Å². The molecule has 0 unspecified atom stereocenters. The Morgan fingerprint density at radius 2 is 1.79 bits per heavy atom. The van der Waals surface area contributed by atoms with Gasteiger partial charge in [-0.15, -0.1) is 24.8 Å². The molecule has 14 heavy (non-hydrogen) atoms. The molecule has 0 spiro atoms. The van der Waals surface area contributed by atoms with E-state index in [1.54, 1.807) is 12.4 Å². The molecule has 2 rings (SSSR count). The summed E-state index contributed by atoms with van der Waals surface area (Å²) in [5.41, 5.74) is 5.18. The first kappa shape index (κ1) is 15.8. The number of nitrogen functional groups attached to an aromatic ring is 1. The quantitative estimate of drug-likeness (QED) is 0.597. The van der Waals surface area contributed by atoms with Crippen molar-refractivity contribution in [3.05, 3.63) is 18.6 Å². The van der Waals surface area contributed by atoms with Gasteiger partial charge >= 0.3 is 0 Å². The van der Waals surface area contributed by atoms with Crippen LogP contribution in [0.3, 0.4) is 0 Å². The minimum Gasteiger partial charge on any atom is -0.382 e. The zero-order chi connectivity index (χ0) is 8.65. The normalized spacial score (nSPS) is 12.9. The molecule has 0 amide bonds. The van der Waals surface area contributed by atoms with E-state index < -0.39 is 0 Å². The second kappa shape index (κ2) is 10.5. The van der Waals surface area contributed by atoms with Crippen molar-refractivity contribution in [1.82, 2.24) is 20.6 Å². The Kier molecular flexibility index (Phi) is 11.8. The smallest absolute Gasteiger partial charge is 0.141 e. The first-order valence-electron chi connectivity index (χ1n) is 3.82. The van der Waals surface area contributed by atoms with Crippen molar-refractivity contribution < 1.29 is 0 Å². The Hall–Kier alpha value is -0.620. The molecule has 7 heteroatoms. The number of rotatable bonds is 0. The summed E-state index contributed by atoms with van der Waals surface area (Å²) in [6.45, 7) is 3.28. The second-order valence-electron chi connectivity index (χ2n) is 2.31. The minimum absolute atomic E-state index is 0. The monoisotopic (exact) mass is 239 g/mol. The van der Waals surface area contributed by atoms with Crippen LogP contribution in [-0.2, 0) is 0 Å². The van der Waals surface area contributed by atoms with Gasteiger partial charge in [0, 0.05) is 32.2 Å². The summed E-state index contributed by atoms with van der Waals surface area (Å²) in [5, 5.41) is 6.22. The van der Waals surface area contributed by atoms with Gasteiger partial charge in [0.25, 0.3) is 0 Å². The van der Waals surface area contributed by atoms with Crippen LogP contribution in [0.2, 0.25) is 0 Å². The van der Waals surface area contributed by atoms with E-state index in [9.17, 15) is 0 Å². The molecule has 1 aromatic rings. The van der Waals surface area contributed by atoms with Crippen LogP contribution < -0.4 is 16.4 Å². The Morgan fingerprint density at radius 1 is 1.14 bits per heavy atom. The van der Waals surface area contributed by atoms with Crippen molar-refractivity contribution in [2.75, 3.05) is 25.5 Å². The Bertz CT molecular complexity index is 197. The largest absolute Gasteiger partial charge is 0.382 e. The van der Waals surface area contributed by atoms with Crippen molar-refractivity contribution in [2.24, 2.45) is 0 Å². The molecular formula is C7H15Cl2N5. The molecule has 1 aliphatic rings. The molecule has 0 aliphatic carbocycles. The standard InChI is InChI=1S/C4H5N3.C3H8N2.2ClH/c5-4-3-6-1-2-7-4;1-2-5-3-4-1;;/h1-3H,(H2,5,7);4-5H,1-3H2;2*1H. The number of nitrogens with one attached hydrogen (secondary N) is 2. The van der Waals surface area contributed by atoms with E-state index in [1.807, 2.05) is 0 Å². The fourth-order valence-electron chi connectivity index (χ4n) is 0.753. The lowest BCUT2D eigenvalue weighted by Gasteiger charge is -1.82. The third kappa shape index (κ3) is 8.00. The molecule has 0 aromatic carbocycles. The highest BCUT2D eigenvalue weighted by atomic mass is 35.5. The number of hydrogen-bond donors (Lipinski definition) is 3. The van der Waals surface area contributed by atoms with Crippen molar-refractivity contribution in [3.8, 4) is 0 Å². The topological polar surface area (TPSA) is 75.9 Å². The van der Waals surface area contributed by atoms with E-state index in [4.69, 9.17) is 5.73 Å². The summed E-state index contributed by atoms with van der Waals surface area (Å²) in [7, 11) is 0. The molecule has 0 saturated carbocycles. The number of halogens is 2. The molecule has 4 N–H and O–H groups in total. The molecule has 1 aliphatic heterocycles. The molecule has 2 heterocycles. The highest BCUT2D eigenvalue weighted by Gasteiger charge is 1.90. The van der Waals surface area contributed by atoms with Gasteiger partial charge in [-0.2, -0.15) is 0 Å². The predicted molar refractivity (Wildman–Crippen MR) is 61.8 cm³/mol. The van der Waals surface area contributed by atoms with Crippen molar-refractivity contribution >= 4 is 30.6 Å². The molecule has 82 valence electrons. The Morgan fingerprint density at radius 3 is 2.00 bits per heavy atom. The fourth-order valence-corrected chi connectivity index (χ4v) is 0.753. The lowest BCUT2D eigenvalue weighted by atomic mass is 10.7. The van der Waals surface area contributed by atoms with Crippen LogP contribution in [0.25, 0.3) is 0 Å². The maximum atomic E-state index is 5.18. The van der Waals surface area contributed by atoms with Gasteiger partial charge in [0.05, 0.1) is 6.20 Å². The minimum atomic E-state index is 0. The summed E-state index contributed by atoms with van der Waals surface area (Å²) >= 11 is 0. The van der Waals surface area contributed by atoms with E-state index in [1.165, 1.54) is 6.20 Å². The van der Waals surface area contributed by atoms with Crippen LogP contribution >= 0.6 is 24.8 Å². The van der Waals surface area contributed by atoms with E-state index in [2.05, 4.69) is 20.6 Å². The van der Waals surface area contributed by atoms with Crippen LogP contribution in [0.15, 0.2) is 18.6 Å². The third-order valence-electron chi connectivity index (χ3n) is 1.31. The summed E-state index contributed by atoms with van der Waals surface area (Å²) in [5.74, 6) is 0.461. The first-order valence-corrected chi connectivity index (χ1v) is 3.82. The van der Waals surface area contributed by atoms with Crippen LogP contribution in [0.1, 0.15) is 0 Å². The van der Waals surface area contributed by atoms with Crippen molar-refractivity contribution in [1.29, 1.82) is 0 Å². The highest BCUT2D eigenvalue weighted by Crippen LogP contribution is 1.84. The van der Waals surface area contributed by atoms with Crippen molar-refractivity contribution in [2.45, 2.75) is 0 Å². The number of hydrogen-bond acceptors (Lipinski definition) is 5. The molecule has 1 aromatic heterocycles. The van der Waals surface area contributed by atoms with Gasteiger partial charge in [-0.3, -0.25) is 4.98 Å². The van der Waals surface area contributed by atoms with E-state index >= 15 is 0 Å². The van der Waals surface area contributed by atoms with Crippen LogP contribution in [0, 0.1) is 0 Å².